The molecule has 0 radical (unpaired) electrons. The van der Waals surface area contributed by atoms with Gasteiger partial charge < -0.3 is 0 Å². The van der Waals surface area contributed by atoms with Gasteiger partial charge in [-0.3, -0.25) is 4.98 Å². The SMILES string of the molecule is C1=CC2=C(c3ccc4c(c3)C3(c5ccccc5-c5cc6sc7ccccc7c6cc53)c3cccnc3-4)c3ccccc3C(c3cccc4ccccc34)C2C=C1. The van der Waals surface area contributed by atoms with E-state index in [1.165, 1.54) is 103 Å². The van der Waals surface area contributed by atoms with Crippen LogP contribution in [0.2, 0.25) is 0 Å². The minimum absolute atomic E-state index is 0.197. The fourth-order valence-electron chi connectivity index (χ4n) is 11.0. The third kappa shape index (κ3) is 3.87. The van der Waals surface area contributed by atoms with E-state index in [2.05, 4.69) is 182 Å². The Balaban J connectivity index is 1.10. The highest BCUT2D eigenvalue weighted by molar-refractivity contribution is 7.25. The molecule has 0 amide bonds. The third-order valence-electron chi connectivity index (χ3n) is 13.2. The summed E-state index contributed by atoms with van der Waals surface area (Å²) in [6, 6.07) is 59.6. The highest BCUT2D eigenvalue weighted by Crippen LogP contribution is 2.64. The summed E-state index contributed by atoms with van der Waals surface area (Å²) in [5.74, 6) is 0.396. The Bertz CT molecular complexity index is 3280. The molecule has 2 aromatic heterocycles. The van der Waals surface area contributed by atoms with Crippen molar-refractivity contribution in [2.24, 2.45) is 5.92 Å². The second-order valence-electron chi connectivity index (χ2n) is 15.7. The molecule has 0 N–H and O–H groups in total. The minimum atomic E-state index is -0.495. The topological polar surface area (TPSA) is 12.9 Å². The van der Waals surface area contributed by atoms with Crippen LogP contribution in [0.4, 0.5) is 0 Å². The van der Waals surface area contributed by atoms with Gasteiger partial charge in [0, 0.05) is 43.8 Å². The first kappa shape index (κ1) is 30.7. The molecule has 2 heteroatoms. The molecule has 7 aromatic carbocycles. The van der Waals surface area contributed by atoms with E-state index in [4.69, 9.17) is 4.98 Å². The van der Waals surface area contributed by atoms with Gasteiger partial charge in [-0.15, -0.1) is 11.3 Å². The number of aromatic nitrogens is 1. The van der Waals surface area contributed by atoms with Gasteiger partial charge in [0.25, 0.3) is 0 Å². The smallest absolute Gasteiger partial charge is 0.0753 e. The van der Waals surface area contributed by atoms with Gasteiger partial charge >= 0.3 is 0 Å². The van der Waals surface area contributed by atoms with E-state index >= 15 is 0 Å². The van der Waals surface area contributed by atoms with Crippen LogP contribution in [-0.4, -0.2) is 4.98 Å². The fraction of sp³-hybridized carbons (Fsp3) is 0.0556. The van der Waals surface area contributed by atoms with Gasteiger partial charge in [0.1, 0.15) is 0 Å². The molecule has 1 spiro atoms. The second-order valence-corrected chi connectivity index (χ2v) is 16.8. The quantitative estimate of drug-likeness (QED) is 0.173. The Labute approximate surface area is 329 Å². The van der Waals surface area contributed by atoms with Crippen molar-refractivity contribution in [3.63, 3.8) is 0 Å². The summed E-state index contributed by atoms with van der Waals surface area (Å²) in [7, 11) is 0. The van der Waals surface area contributed by atoms with Crippen LogP contribution in [0.5, 0.6) is 0 Å². The van der Waals surface area contributed by atoms with Crippen LogP contribution in [0, 0.1) is 5.92 Å². The first-order chi connectivity index (χ1) is 27.8. The normalized spacial score (nSPS) is 19.6. The van der Waals surface area contributed by atoms with Gasteiger partial charge in [-0.25, -0.2) is 0 Å². The van der Waals surface area contributed by atoms with E-state index in [0.717, 1.165) is 5.69 Å². The van der Waals surface area contributed by atoms with Crippen molar-refractivity contribution in [2.45, 2.75) is 11.3 Å². The molecule has 13 rings (SSSR count). The number of thiophene rings is 1. The maximum absolute atomic E-state index is 5.15. The van der Waals surface area contributed by atoms with Crippen molar-refractivity contribution in [3.8, 4) is 22.4 Å². The van der Waals surface area contributed by atoms with Crippen LogP contribution in [-0.2, 0) is 5.41 Å². The zero-order valence-electron chi connectivity index (χ0n) is 30.4. The van der Waals surface area contributed by atoms with Crippen molar-refractivity contribution in [1.82, 2.24) is 4.98 Å². The molecule has 1 nitrogen and oxygen atoms in total. The van der Waals surface area contributed by atoms with E-state index in [0.29, 0.717) is 0 Å². The van der Waals surface area contributed by atoms with E-state index in [9.17, 15) is 0 Å². The van der Waals surface area contributed by atoms with E-state index in [1.54, 1.807) is 0 Å². The lowest BCUT2D eigenvalue weighted by molar-refractivity contribution is 0.653. The molecule has 3 unspecified atom stereocenters. The van der Waals surface area contributed by atoms with Crippen LogP contribution in [0.25, 0.3) is 58.9 Å². The number of fused-ring (bicyclic) bond motifs is 16. The summed E-state index contributed by atoms with van der Waals surface area (Å²) in [6.07, 6.45) is 11.3. The zero-order valence-corrected chi connectivity index (χ0v) is 31.2. The Hall–Kier alpha value is -6.61. The Morgan fingerprint density at radius 3 is 2.23 bits per heavy atom. The van der Waals surface area contributed by atoms with Crippen molar-refractivity contribution in [1.29, 1.82) is 0 Å². The summed E-state index contributed by atoms with van der Waals surface area (Å²) in [4.78, 5) is 5.15. The number of benzene rings is 7. The van der Waals surface area contributed by atoms with E-state index in [1.807, 2.05) is 17.5 Å². The third-order valence-corrected chi connectivity index (χ3v) is 14.3. The Kier molecular flexibility index (Phi) is 6.15. The summed E-state index contributed by atoms with van der Waals surface area (Å²) in [6.45, 7) is 0. The van der Waals surface area contributed by atoms with Gasteiger partial charge in [0.15, 0.2) is 0 Å². The van der Waals surface area contributed by atoms with Crippen LogP contribution in [0.3, 0.4) is 0 Å². The molecule has 2 heterocycles. The maximum Gasteiger partial charge on any atom is 0.0753 e. The zero-order chi connectivity index (χ0) is 36.5. The second kappa shape index (κ2) is 11.2. The molecule has 260 valence electrons. The molecule has 9 aromatic rings. The Morgan fingerprint density at radius 2 is 1.27 bits per heavy atom. The molecule has 4 aliphatic carbocycles. The summed E-state index contributed by atoms with van der Waals surface area (Å²) in [5.41, 5.74) is 17.8. The van der Waals surface area contributed by atoms with Crippen molar-refractivity contribution >= 4 is 47.9 Å². The molecular formula is C54H33NS. The monoisotopic (exact) mass is 727 g/mol. The molecule has 0 fully saturated rings. The van der Waals surface area contributed by atoms with Crippen LogP contribution >= 0.6 is 11.3 Å². The summed E-state index contributed by atoms with van der Waals surface area (Å²) < 4.78 is 2.67. The van der Waals surface area contributed by atoms with E-state index in [-0.39, 0.29) is 11.8 Å². The number of hydrogen-bond acceptors (Lipinski definition) is 2. The molecule has 0 saturated carbocycles. The predicted octanol–water partition coefficient (Wildman–Crippen LogP) is 13.6. The molecular weight excluding hydrogens is 695 g/mol. The first-order valence-electron chi connectivity index (χ1n) is 19.6. The van der Waals surface area contributed by atoms with Crippen LogP contribution < -0.4 is 0 Å². The molecule has 56 heavy (non-hydrogen) atoms. The number of allylic oxidation sites excluding steroid dienone is 5. The number of nitrogens with zero attached hydrogens (tertiary/aromatic N) is 1. The van der Waals surface area contributed by atoms with Gasteiger partial charge in [0.2, 0.25) is 0 Å². The van der Waals surface area contributed by atoms with Crippen molar-refractivity contribution < 1.29 is 0 Å². The number of pyridine rings is 1. The fourth-order valence-corrected chi connectivity index (χ4v) is 12.1. The predicted molar refractivity (Wildman–Crippen MR) is 233 cm³/mol. The number of rotatable bonds is 2. The van der Waals surface area contributed by atoms with Crippen LogP contribution in [0.1, 0.15) is 50.4 Å². The molecule has 3 atom stereocenters. The van der Waals surface area contributed by atoms with Gasteiger partial charge in [0.05, 0.1) is 11.1 Å². The summed E-state index contributed by atoms with van der Waals surface area (Å²) >= 11 is 1.90. The largest absolute Gasteiger partial charge is 0.256 e. The lowest BCUT2D eigenvalue weighted by Crippen LogP contribution is -2.26. The Morgan fingerprint density at radius 1 is 0.500 bits per heavy atom. The van der Waals surface area contributed by atoms with Crippen LogP contribution in [0.15, 0.2) is 194 Å². The molecule has 0 aliphatic heterocycles. The van der Waals surface area contributed by atoms with Gasteiger partial charge in [-0.1, -0.05) is 152 Å². The van der Waals surface area contributed by atoms with Gasteiger partial charge in [-0.05, 0) is 108 Å². The van der Waals surface area contributed by atoms with Crippen molar-refractivity contribution in [2.75, 3.05) is 0 Å². The standard InChI is InChI=1S/C54H33NS/c1-2-15-34-32(13-1)14-11-22-37(34)52-40-20-5-3-18-38(40)51(39-19-4-6-21-41(39)52)33-26-27-42-47(29-33)54(46-24-12-28-55-53(42)46)45-23-9-7-16-35(45)43-31-50-44(30-48(43)54)36-17-8-10-25-49(36)56-50/h1-31,40,52H. The average molecular weight is 728 g/mol. The maximum atomic E-state index is 5.15. The molecule has 4 aliphatic rings. The van der Waals surface area contributed by atoms with Gasteiger partial charge in [-0.2, -0.15) is 0 Å². The number of hydrogen-bond donors (Lipinski definition) is 0. The highest BCUT2D eigenvalue weighted by Gasteiger charge is 2.52. The van der Waals surface area contributed by atoms with Crippen molar-refractivity contribution in [3.05, 3.63) is 238 Å². The highest BCUT2D eigenvalue weighted by atomic mass is 32.1. The molecule has 0 saturated heterocycles. The summed E-state index contributed by atoms with van der Waals surface area (Å²) in [5, 5.41) is 5.28. The lowest BCUT2D eigenvalue weighted by atomic mass is 9.65. The average Bonchev–Trinajstić information content (AvgIpc) is 3.88. The first-order valence-corrected chi connectivity index (χ1v) is 20.4. The van der Waals surface area contributed by atoms with E-state index < -0.39 is 5.41 Å². The lowest BCUT2D eigenvalue weighted by Gasteiger charge is -2.37. The molecule has 0 bridgehead atoms. The minimum Gasteiger partial charge on any atom is -0.256 e.